The molecule has 2 unspecified atom stereocenters. The number of imidazole rings is 1. The Hall–Kier alpha value is -1.46. The van der Waals surface area contributed by atoms with Gasteiger partial charge in [0, 0.05) is 38.2 Å². The van der Waals surface area contributed by atoms with E-state index in [1.54, 1.807) is 6.20 Å². The Bertz CT molecular complexity index is 496. The van der Waals surface area contributed by atoms with Crippen LogP contribution in [0.5, 0.6) is 0 Å². The molecule has 0 spiro atoms. The van der Waals surface area contributed by atoms with Gasteiger partial charge < -0.3 is 4.74 Å². The molecule has 1 saturated heterocycles. The molecule has 0 aromatic carbocycles. The third-order valence-corrected chi connectivity index (χ3v) is 3.17. The molecule has 1 fully saturated rings. The van der Waals surface area contributed by atoms with Crippen molar-refractivity contribution in [2.75, 3.05) is 13.1 Å². The molecule has 3 heterocycles. The van der Waals surface area contributed by atoms with E-state index in [1.807, 2.05) is 22.9 Å². The average molecular weight is 246 g/mol. The molecular weight excluding hydrogens is 228 g/mol. The lowest BCUT2D eigenvalue weighted by Gasteiger charge is -2.34. The molecule has 2 aromatic heterocycles. The SMILES string of the molecule is CC1CN(Cc2cn3cccnc3n2)CC(C)O1. The van der Waals surface area contributed by atoms with E-state index >= 15 is 0 Å². The fourth-order valence-corrected chi connectivity index (χ4v) is 2.60. The topological polar surface area (TPSA) is 42.7 Å². The van der Waals surface area contributed by atoms with Crippen LogP contribution in [0.25, 0.3) is 5.78 Å². The lowest BCUT2D eigenvalue weighted by Crippen LogP contribution is -2.44. The maximum absolute atomic E-state index is 5.73. The fraction of sp³-hybridized carbons (Fsp3) is 0.538. The number of ether oxygens (including phenoxy) is 1. The van der Waals surface area contributed by atoms with Crippen LogP contribution in [-0.4, -0.2) is 44.6 Å². The smallest absolute Gasteiger partial charge is 0.233 e. The minimum absolute atomic E-state index is 0.295. The summed E-state index contributed by atoms with van der Waals surface area (Å²) in [6, 6.07) is 1.91. The standard InChI is InChI=1S/C13H18N4O/c1-10-6-16(7-11(2)18-10)8-12-9-17-5-3-4-14-13(17)15-12/h3-5,9-11H,6-8H2,1-2H3. The third kappa shape index (κ3) is 2.37. The number of rotatable bonds is 2. The van der Waals surface area contributed by atoms with Crippen molar-refractivity contribution in [1.82, 2.24) is 19.3 Å². The van der Waals surface area contributed by atoms with Crippen molar-refractivity contribution in [3.8, 4) is 0 Å². The summed E-state index contributed by atoms with van der Waals surface area (Å²) >= 11 is 0. The first kappa shape index (κ1) is 11.6. The molecule has 1 aliphatic rings. The van der Waals surface area contributed by atoms with E-state index in [-0.39, 0.29) is 0 Å². The molecule has 0 amide bonds. The first-order valence-corrected chi connectivity index (χ1v) is 6.37. The number of hydrogen-bond acceptors (Lipinski definition) is 4. The van der Waals surface area contributed by atoms with Crippen LogP contribution in [0.2, 0.25) is 0 Å². The minimum Gasteiger partial charge on any atom is -0.373 e. The van der Waals surface area contributed by atoms with Gasteiger partial charge in [0.1, 0.15) is 0 Å². The van der Waals surface area contributed by atoms with E-state index < -0.39 is 0 Å². The highest BCUT2D eigenvalue weighted by atomic mass is 16.5. The Labute approximate surface area is 106 Å². The van der Waals surface area contributed by atoms with Gasteiger partial charge in [-0.3, -0.25) is 9.30 Å². The second-order valence-electron chi connectivity index (χ2n) is 5.01. The first-order chi connectivity index (χ1) is 8.70. The van der Waals surface area contributed by atoms with Crippen LogP contribution in [0.4, 0.5) is 0 Å². The van der Waals surface area contributed by atoms with Gasteiger partial charge in [-0.15, -0.1) is 0 Å². The van der Waals surface area contributed by atoms with Gasteiger partial charge >= 0.3 is 0 Å². The van der Waals surface area contributed by atoms with Crippen LogP contribution in [0.15, 0.2) is 24.7 Å². The maximum Gasteiger partial charge on any atom is 0.233 e. The molecule has 0 N–H and O–H groups in total. The summed E-state index contributed by atoms with van der Waals surface area (Å²) in [4.78, 5) is 11.1. The highest BCUT2D eigenvalue weighted by Crippen LogP contribution is 2.13. The molecule has 5 nitrogen and oxygen atoms in total. The second kappa shape index (κ2) is 4.66. The van der Waals surface area contributed by atoms with Gasteiger partial charge in [-0.1, -0.05) is 0 Å². The number of aromatic nitrogens is 3. The Balaban J connectivity index is 1.75. The molecule has 0 radical (unpaired) electrons. The lowest BCUT2D eigenvalue weighted by molar-refractivity contribution is -0.0707. The van der Waals surface area contributed by atoms with Crippen LogP contribution in [0.1, 0.15) is 19.5 Å². The van der Waals surface area contributed by atoms with Crippen molar-refractivity contribution >= 4 is 5.78 Å². The Morgan fingerprint density at radius 3 is 2.83 bits per heavy atom. The number of morpholine rings is 1. The summed E-state index contributed by atoms with van der Waals surface area (Å²) in [5, 5.41) is 0. The number of fused-ring (bicyclic) bond motifs is 1. The van der Waals surface area contributed by atoms with Gasteiger partial charge in [0.25, 0.3) is 0 Å². The molecule has 18 heavy (non-hydrogen) atoms. The van der Waals surface area contributed by atoms with Crippen molar-refractivity contribution in [1.29, 1.82) is 0 Å². The van der Waals surface area contributed by atoms with E-state index in [0.717, 1.165) is 31.1 Å². The fourth-order valence-electron chi connectivity index (χ4n) is 2.60. The normalized spacial score (nSPS) is 25.7. The van der Waals surface area contributed by atoms with Crippen molar-refractivity contribution < 1.29 is 4.74 Å². The Morgan fingerprint density at radius 1 is 1.33 bits per heavy atom. The van der Waals surface area contributed by atoms with Gasteiger partial charge in [-0.05, 0) is 19.9 Å². The molecule has 0 saturated carbocycles. The lowest BCUT2D eigenvalue weighted by atomic mass is 10.2. The second-order valence-corrected chi connectivity index (χ2v) is 5.01. The van der Waals surface area contributed by atoms with Crippen LogP contribution in [0, 0.1) is 0 Å². The highest BCUT2D eigenvalue weighted by molar-refractivity contribution is 5.29. The quantitative estimate of drug-likeness (QED) is 0.802. The van der Waals surface area contributed by atoms with E-state index in [1.165, 1.54) is 0 Å². The average Bonchev–Trinajstić information content (AvgIpc) is 2.69. The van der Waals surface area contributed by atoms with E-state index in [9.17, 15) is 0 Å². The van der Waals surface area contributed by atoms with Crippen molar-refractivity contribution in [3.63, 3.8) is 0 Å². The predicted molar refractivity (Wildman–Crippen MR) is 68.3 cm³/mol. The largest absolute Gasteiger partial charge is 0.373 e. The van der Waals surface area contributed by atoms with Crippen molar-refractivity contribution in [2.24, 2.45) is 0 Å². The van der Waals surface area contributed by atoms with Crippen LogP contribution >= 0.6 is 0 Å². The first-order valence-electron chi connectivity index (χ1n) is 6.37. The molecule has 1 aliphatic heterocycles. The van der Waals surface area contributed by atoms with E-state index in [2.05, 4.69) is 28.7 Å². The van der Waals surface area contributed by atoms with Gasteiger partial charge in [0.05, 0.1) is 17.9 Å². The summed E-state index contributed by atoms with van der Waals surface area (Å²) in [5.41, 5.74) is 1.06. The molecule has 3 rings (SSSR count). The van der Waals surface area contributed by atoms with Crippen molar-refractivity contribution in [2.45, 2.75) is 32.6 Å². The zero-order valence-corrected chi connectivity index (χ0v) is 10.8. The monoisotopic (exact) mass is 246 g/mol. The van der Waals surface area contributed by atoms with Gasteiger partial charge in [0.15, 0.2) is 0 Å². The summed E-state index contributed by atoms with van der Waals surface area (Å²) in [6.45, 7) is 7.03. The Morgan fingerprint density at radius 2 is 2.11 bits per heavy atom. The predicted octanol–water partition coefficient (Wildman–Crippen LogP) is 1.34. The zero-order chi connectivity index (χ0) is 12.5. The molecule has 0 aliphatic carbocycles. The van der Waals surface area contributed by atoms with Crippen LogP contribution in [-0.2, 0) is 11.3 Å². The van der Waals surface area contributed by atoms with Gasteiger partial charge in [-0.2, -0.15) is 0 Å². The summed E-state index contributed by atoms with van der Waals surface area (Å²) in [5.74, 6) is 0.766. The number of hydrogen-bond donors (Lipinski definition) is 0. The van der Waals surface area contributed by atoms with Crippen LogP contribution in [0.3, 0.4) is 0 Å². The van der Waals surface area contributed by atoms with E-state index in [4.69, 9.17) is 4.74 Å². The van der Waals surface area contributed by atoms with Crippen molar-refractivity contribution in [3.05, 3.63) is 30.4 Å². The third-order valence-electron chi connectivity index (χ3n) is 3.17. The van der Waals surface area contributed by atoms with Crippen LogP contribution < -0.4 is 0 Å². The minimum atomic E-state index is 0.295. The molecule has 2 aromatic rings. The molecule has 2 atom stereocenters. The van der Waals surface area contributed by atoms with E-state index in [0.29, 0.717) is 12.2 Å². The zero-order valence-electron chi connectivity index (χ0n) is 10.8. The Kier molecular flexibility index (Phi) is 3.01. The summed E-state index contributed by atoms with van der Waals surface area (Å²) in [7, 11) is 0. The maximum atomic E-state index is 5.73. The van der Waals surface area contributed by atoms with Gasteiger partial charge in [0.2, 0.25) is 5.78 Å². The van der Waals surface area contributed by atoms with Gasteiger partial charge in [-0.25, -0.2) is 9.97 Å². The molecule has 0 bridgehead atoms. The molecule has 5 heteroatoms. The number of nitrogens with zero attached hydrogens (tertiary/aromatic N) is 4. The summed E-state index contributed by atoms with van der Waals surface area (Å²) < 4.78 is 7.69. The highest BCUT2D eigenvalue weighted by Gasteiger charge is 2.22. The molecule has 96 valence electrons. The summed E-state index contributed by atoms with van der Waals surface area (Å²) in [6.07, 6.45) is 6.38. The molecular formula is C13H18N4O.